The first-order valence-corrected chi connectivity index (χ1v) is 6.50. The van der Waals surface area contributed by atoms with Crippen LogP contribution in [0.15, 0.2) is 25.4 Å². The van der Waals surface area contributed by atoms with Crippen LogP contribution >= 0.6 is 31.9 Å². The van der Waals surface area contributed by atoms with E-state index in [9.17, 15) is 9.59 Å². The van der Waals surface area contributed by atoms with E-state index in [2.05, 4.69) is 31.9 Å². The molecular weight excluding hydrogens is 372 g/mol. The van der Waals surface area contributed by atoms with Gasteiger partial charge < -0.3 is 13.9 Å². The number of halogens is 2. The Morgan fingerprint density at radius 3 is 2.17 bits per heavy atom. The van der Waals surface area contributed by atoms with Gasteiger partial charge in [0.05, 0.1) is 0 Å². The molecule has 0 aliphatic carbocycles. The summed E-state index contributed by atoms with van der Waals surface area (Å²) in [5.41, 5.74) is 0.355. The molecule has 1 fully saturated rings. The molecule has 5 nitrogen and oxygen atoms in total. The van der Waals surface area contributed by atoms with Crippen LogP contribution in [0, 0.1) is 0 Å². The highest BCUT2D eigenvalue weighted by molar-refractivity contribution is 9.11. The minimum atomic E-state index is -1.24. The van der Waals surface area contributed by atoms with E-state index in [1.807, 2.05) is 0 Å². The third-order valence-electron chi connectivity index (χ3n) is 2.10. The number of carbonyl (C=O) groups excluding carboxylic acids is 2. The molecule has 18 heavy (non-hydrogen) atoms. The zero-order chi connectivity index (χ0) is 13.5. The molecule has 1 aliphatic heterocycles. The zero-order valence-electron chi connectivity index (χ0n) is 9.45. The van der Waals surface area contributed by atoms with Gasteiger partial charge in [-0.05, 0) is 44.0 Å². The lowest BCUT2D eigenvalue weighted by molar-refractivity contribution is -0.222. The third-order valence-corrected chi connectivity index (χ3v) is 3.11. The van der Waals surface area contributed by atoms with Crippen molar-refractivity contribution in [3.05, 3.63) is 26.5 Å². The average Bonchev–Trinajstić information content (AvgIpc) is 2.49. The fourth-order valence-corrected chi connectivity index (χ4v) is 2.41. The second-order valence-electron chi connectivity index (χ2n) is 4.02. The second kappa shape index (κ2) is 4.55. The van der Waals surface area contributed by atoms with E-state index < -0.39 is 17.7 Å². The quantitative estimate of drug-likeness (QED) is 0.426. The normalized spacial score (nSPS) is 18.3. The lowest BCUT2D eigenvalue weighted by atomic mass is 10.1. The molecule has 0 saturated carbocycles. The van der Waals surface area contributed by atoms with Gasteiger partial charge in [0.1, 0.15) is 5.57 Å². The molecule has 0 amide bonds. The van der Waals surface area contributed by atoms with Crippen LogP contribution in [0.4, 0.5) is 0 Å². The van der Waals surface area contributed by atoms with Gasteiger partial charge in [0.15, 0.2) is 9.34 Å². The van der Waals surface area contributed by atoms with Gasteiger partial charge in [0.25, 0.3) is 5.79 Å². The van der Waals surface area contributed by atoms with Crippen LogP contribution in [-0.4, -0.2) is 17.7 Å². The van der Waals surface area contributed by atoms with Crippen molar-refractivity contribution in [1.82, 2.24) is 0 Å². The Kier molecular flexibility index (Phi) is 3.37. The number of hydrogen-bond acceptors (Lipinski definition) is 5. The topological polar surface area (TPSA) is 65.7 Å². The standard InChI is InChI=1S/C11H8Br2O5/c1-11(2)17-9(14)6(10(15)18-11)3-5-4-7(12)16-8(5)13/h3-4H,1-2H3. The summed E-state index contributed by atoms with van der Waals surface area (Å²) in [6.45, 7) is 2.98. The minimum absolute atomic E-state index is 0.177. The van der Waals surface area contributed by atoms with Gasteiger partial charge in [-0.3, -0.25) is 0 Å². The molecule has 1 aromatic rings. The smallest absolute Gasteiger partial charge is 0.348 e. The van der Waals surface area contributed by atoms with Crippen molar-refractivity contribution >= 4 is 49.9 Å². The summed E-state index contributed by atoms with van der Waals surface area (Å²) < 4.78 is 16.0. The highest BCUT2D eigenvalue weighted by Gasteiger charge is 2.39. The molecule has 1 aliphatic rings. The SMILES string of the molecule is CC1(C)OC(=O)C(=Cc2cc(Br)oc2Br)C(=O)O1. The number of furan rings is 1. The number of esters is 2. The Labute approximate surface area is 119 Å². The lowest BCUT2D eigenvalue weighted by Crippen LogP contribution is -2.41. The molecular formula is C11H8Br2O5. The summed E-state index contributed by atoms with van der Waals surface area (Å²) >= 11 is 6.30. The molecule has 0 atom stereocenters. The highest BCUT2D eigenvalue weighted by Crippen LogP contribution is 2.29. The van der Waals surface area contributed by atoms with Gasteiger partial charge >= 0.3 is 11.9 Å². The number of carbonyl (C=O) groups is 2. The summed E-state index contributed by atoms with van der Waals surface area (Å²) in [6, 6.07) is 1.61. The van der Waals surface area contributed by atoms with E-state index >= 15 is 0 Å². The van der Waals surface area contributed by atoms with Gasteiger partial charge in [-0.2, -0.15) is 0 Å². The summed E-state index contributed by atoms with van der Waals surface area (Å²) in [6.07, 6.45) is 1.35. The van der Waals surface area contributed by atoms with Gasteiger partial charge in [0.2, 0.25) is 0 Å². The zero-order valence-corrected chi connectivity index (χ0v) is 12.6. The van der Waals surface area contributed by atoms with Crippen LogP contribution in [0.1, 0.15) is 19.4 Å². The van der Waals surface area contributed by atoms with Crippen molar-refractivity contribution in [2.75, 3.05) is 0 Å². The van der Waals surface area contributed by atoms with Crippen LogP contribution in [-0.2, 0) is 19.1 Å². The van der Waals surface area contributed by atoms with E-state index in [1.54, 1.807) is 6.07 Å². The summed E-state index contributed by atoms with van der Waals surface area (Å²) in [5, 5.41) is 0. The molecule has 96 valence electrons. The van der Waals surface area contributed by atoms with Crippen molar-refractivity contribution < 1.29 is 23.5 Å². The van der Waals surface area contributed by atoms with Crippen LogP contribution in [0.2, 0.25) is 0 Å². The fourth-order valence-electron chi connectivity index (χ4n) is 1.39. The Morgan fingerprint density at radius 2 is 1.72 bits per heavy atom. The molecule has 1 saturated heterocycles. The fraction of sp³-hybridized carbons (Fsp3) is 0.273. The van der Waals surface area contributed by atoms with Gasteiger partial charge in [-0.1, -0.05) is 0 Å². The van der Waals surface area contributed by atoms with Crippen molar-refractivity contribution in [3.8, 4) is 0 Å². The average molecular weight is 380 g/mol. The van der Waals surface area contributed by atoms with E-state index in [0.29, 0.717) is 14.9 Å². The molecule has 0 aromatic carbocycles. The van der Waals surface area contributed by atoms with Crippen molar-refractivity contribution in [3.63, 3.8) is 0 Å². The van der Waals surface area contributed by atoms with Crippen molar-refractivity contribution in [2.24, 2.45) is 0 Å². The van der Waals surface area contributed by atoms with Gasteiger partial charge in [-0.25, -0.2) is 9.59 Å². The van der Waals surface area contributed by atoms with Crippen LogP contribution in [0.25, 0.3) is 6.08 Å². The second-order valence-corrected chi connectivity index (χ2v) is 5.52. The maximum Gasteiger partial charge on any atom is 0.348 e. The Hall–Kier alpha value is -1.08. The number of hydrogen-bond donors (Lipinski definition) is 0. The number of ether oxygens (including phenoxy) is 2. The largest absolute Gasteiger partial charge is 0.442 e. The van der Waals surface area contributed by atoms with Crippen LogP contribution in [0.3, 0.4) is 0 Å². The predicted octanol–water partition coefficient (Wildman–Crippen LogP) is 3.02. The molecule has 0 unspecified atom stereocenters. The third kappa shape index (κ3) is 2.67. The first-order valence-electron chi connectivity index (χ1n) is 4.92. The van der Waals surface area contributed by atoms with E-state index in [0.717, 1.165) is 0 Å². The summed E-state index contributed by atoms with van der Waals surface area (Å²) in [4.78, 5) is 23.4. The minimum Gasteiger partial charge on any atom is -0.442 e. The molecule has 2 heterocycles. The van der Waals surface area contributed by atoms with Gasteiger partial charge in [-0.15, -0.1) is 0 Å². The van der Waals surface area contributed by atoms with E-state index in [1.165, 1.54) is 19.9 Å². The predicted molar refractivity (Wildman–Crippen MR) is 68.3 cm³/mol. The maximum atomic E-state index is 11.7. The van der Waals surface area contributed by atoms with E-state index in [-0.39, 0.29) is 5.57 Å². The first kappa shape index (κ1) is 13.4. The highest BCUT2D eigenvalue weighted by atomic mass is 79.9. The van der Waals surface area contributed by atoms with E-state index in [4.69, 9.17) is 13.9 Å². The molecule has 7 heteroatoms. The molecule has 0 spiro atoms. The number of rotatable bonds is 1. The monoisotopic (exact) mass is 378 g/mol. The summed E-state index contributed by atoms with van der Waals surface area (Å²) in [5.74, 6) is -2.68. The molecule has 1 aromatic heterocycles. The molecule has 2 rings (SSSR count). The van der Waals surface area contributed by atoms with Crippen molar-refractivity contribution in [2.45, 2.75) is 19.6 Å². The van der Waals surface area contributed by atoms with Gasteiger partial charge in [0, 0.05) is 19.4 Å². The lowest BCUT2D eigenvalue weighted by Gasteiger charge is -2.29. The number of cyclic esters (lactones) is 2. The first-order chi connectivity index (χ1) is 8.28. The summed E-state index contributed by atoms with van der Waals surface area (Å²) in [7, 11) is 0. The van der Waals surface area contributed by atoms with Crippen LogP contribution < -0.4 is 0 Å². The van der Waals surface area contributed by atoms with Crippen molar-refractivity contribution in [1.29, 1.82) is 0 Å². The molecule has 0 radical (unpaired) electrons. The van der Waals surface area contributed by atoms with Crippen LogP contribution in [0.5, 0.6) is 0 Å². The molecule has 0 N–H and O–H groups in total. The molecule has 0 bridgehead atoms. The Morgan fingerprint density at radius 1 is 1.17 bits per heavy atom. The maximum absolute atomic E-state index is 11.7. The Balaban J connectivity index is 2.36. The Bertz CT molecular complexity index is 534.